The van der Waals surface area contributed by atoms with Crippen LogP contribution in [0, 0.1) is 17.0 Å². The zero-order valence-electron chi connectivity index (χ0n) is 15.0. The van der Waals surface area contributed by atoms with Crippen LogP contribution in [0.15, 0.2) is 47.4 Å². The minimum atomic E-state index is -3.78. The fourth-order valence-electron chi connectivity index (χ4n) is 2.58. The topological polar surface area (TPSA) is 101 Å². The predicted molar refractivity (Wildman–Crippen MR) is 102 cm³/mol. The third kappa shape index (κ3) is 5.03. The third-order valence-corrected chi connectivity index (χ3v) is 5.49. The first kappa shape index (κ1) is 19.9. The zero-order chi connectivity index (χ0) is 19.3. The van der Waals surface area contributed by atoms with E-state index in [1.54, 1.807) is 13.8 Å². The lowest BCUT2D eigenvalue weighted by Crippen LogP contribution is -2.30. The summed E-state index contributed by atoms with van der Waals surface area (Å²) in [5.41, 5.74) is 2.35. The zero-order valence-corrected chi connectivity index (χ0v) is 15.8. The van der Waals surface area contributed by atoms with E-state index in [1.165, 1.54) is 12.1 Å². The van der Waals surface area contributed by atoms with E-state index in [1.807, 2.05) is 31.2 Å². The van der Waals surface area contributed by atoms with E-state index >= 15 is 0 Å². The minimum Gasteiger partial charge on any atom is -0.379 e. The van der Waals surface area contributed by atoms with Gasteiger partial charge in [0.15, 0.2) is 0 Å². The molecule has 0 saturated heterocycles. The number of nitrogens with zero attached hydrogens (tertiary/aromatic N) is 1. The maximum Gasteiger partial charge on any atom is 0.293 e. The van der Waals surface area contributed by atoms with Crippen LogP contribution in [-0.4, -0.2) is 25.9 Å². The number of rotatable bonds is 8. The van der Waals surface area contributed by atoms with Gasteiger partial charge in [0.25, 0.3) is 5.69 Å². The SMILES string of the molecule is Cc1ccccc1CCNc1ccc(S(=O)(=O)NC(C)C)cc1[N+](=O)[O-]. The van der Waals surface area contributed by atoms with E-state index in [0.29, 0.717) is 18.7 Å². The Morgan fingerprint density at radius 1 is 1.15 bits per heavy atom. The molecular weight excluding hydrogens is 354 g/mol. The molecule has 0 aliphatic rings. The second-order valence-corrected chi connectivity index (χ2v) is 8.03. The first-order valence-corrected chi connectivity index (χ1v) is 9.78. The molecule has 7 nitrogen and oxygen atoms in total. The highest BCUT2D eigenvalue weighted by Gasteiger charge is 2.21. The van der Waals surface area contributed by atoms with Crippen LogP contribution in [0.1, 0.15) is 25.0 Å². The minimum absolute atomic E-state index is 0.123. The number of hydrogen-bond donors (Lipinski definition) is 2. The largest absolute Gasteiger partial charge is 0.379 e. The fourth-order valence-corrected chi connectivity index (χ4v) is 3.85. The summed E-state index contributed by atoms with van der Waals surface area (Å²) in [5.74, 6) is 0. The van der Waals surface area contributed by atoms with Gasteiger partial charge in [-0.3, -0.25) is 10.1 Å². The molecule has 0 fully saturated rings. The molecule has 2 aromatic carbocycles. The van der Waals surface area contributed by atoms with Crippen LogP contribution in [0.4, 0.5) is 11.4 Å². The lowest BCUT2D eigenvalue weighted by molar-refractivity contribution is -0.384. The Balaban J connectivity index is 2.19. The van der Waals surface area contributed by atoms with Crippen molar-refractivity contribution >= 4 is 21.4 Å². The van der Waals surface area contributed by atoms with Crippen LogP contribution < -0.4 is 10.0 Å². The van der Waals surface area contributed by atoms with Crippen molar-refractivity contribution in [3.8, 4) is 0 Å². The van der Waals surface area contributed by atoms with Crippen LogP contribution in [0.25, 0.3) is 0 Å². The second kappa shape index (κ2) is 8.29. The van der Waals surface area contributed by atoms with Crippen LogP contribution >= 0.6 is 0 Å². The van der Waals surface area contributed by atoms with Gasteiger partial charge in [-0.15, -0.1) is 0 Å². The number of sulfonamides is 1. The molecule has 2 rings (SSSR count). The van der Waals surface area contributed by atoms with Crippen molar-refractivity contribution in [2.24, 2.45) is 0 Å². The molecule has 140 valence electrons. The van der Waals surface area contributed by atoms with Crippen molar-refractivity contribution in [1.82, 2.24) is 4.72 Å². The van der Waals surface area contributed by atoms with Crippen molar-refractivity contribution < 1.29 is 13.3 Å². The number of anilines is 1. The third-order valence-electron chi connectivity index (χ3n) is 3.84. The maximum atomic E-state index is 12.2. The van der Waals surface area contributed by atoms with Gasteiger partial charge in [0.05, 0.1) is 9.82 Å². The molecule has 0 aliphatic heterocycles. The standard InChI is InChI=1S/C18H23N3O4S/c1-13(2)20-26(24,25)16-8-9-17(18(12-16)21(22)23)19-11-10-15-7-5-4-6-14(15)3/h4-9,12-13,19-20H,10-11H2,1-3H3. The number of benzene rings is 2. The van der Waals surface area contributed by atoms with Gasteiger partial charge in [-0.2, -0.15) is 0 Å². The summed E-state index contributed by atoms with van der Waals surface area (Å²) in [4.78, 5) is 10.7. The Labute approximate surface area is 153 Å². The van der Waals surface area contributed by atoms with Gasteiger partial charge >= 0.3 is 0 Å². The highest BCUT2D eigenvalue weighted by atomic mass is 32.2. The quantitative estimate of drug-likeness (QED) is 0.543. The molecule has 2 N–H and O–H groups in total. The van der Waals surface area contributed by atoms with Gasteiger partial charge in [0.2, 0.25) is 10.0 Å². The highest BCUT2D eigenvalue weighted by Crippen LogP contribution is 2.27. The van der Waals surface area contributed by atoms with Crippen LogP contribution in [-0.2, 0) is 16.4 Å². The van der Waals surface area contributed by atoms with E-state index in [0.717, 1.165) is 17.2 Å². The maximum absolute atomic E-state index is 12.2. The molecule has 0 atom stereocenters. The summed E-state index contributed by atoms with van der Waals surface area (Å²) >= 11 is 0. The van der Waals surface area contributed by atoms with E-state index in [4.69, 9.17) is 0 Å². The predicted octanol–water partition coefficient (Wildman–Crippen LogP) is 3.24. The lowest BCUT2D eigenvalue weighted by atomic mass is 10.1. The van der Waals surface area contributed by atoms with Gasteiger partial charge in [-0.25, -0.2) is 13.1 Å². The molecule has 0 amide bonds. The van der Waals surface area contributed by atoms with Gasteiger partial charge in [0.1, 0.15) is 5.69 Å². The first-order chi connectivity index (χ1) is 12.2. The molecule has 0 radical (unpaired) electrons. The number of nitro benzene ring substituents is 1. The Hall–Kier alpha value is -2.45. The fraction of sp³-hybridized carbons (Fsp3) is 0.333. The number of hydrogen-bond acceptors (Lipinski definition) is 5. The average molecular weight is 377 g/mol. The number of nitrogens with one attached hydrogen (secondary N) is 2. The highest BCUT2D eigenvalue weighted by molar-refractivity contribution is 7.89. The number of nitro groups is 1. The van der Waals surface area contributed by atoms with E-state index in [9.17, 15) is 18.5 Å². The van der Waals surface area contributed by atoms with Gasteiger partial charge in [-0.05, 0) is 50.5 Å². The second-order valence-electron chi connectivity index (χ2n) is 6.32. The summed E-state index contributed by atoms with van der Waals surface area (Å²) in [6.07, 6.45) is 0.707. The molecule has 0 saturated carbocycles. The molecule has 26 heavy (non-hydrogen) atoms. The van der Waals surface area contributed by atoms with Crippen molar-refractivity contribution in [1.29, 1.82) is 0 Å². The molecule has 0 heterocycles. The molecule has 0 unspecified atom stereocenters. The molecule has 8 heteroatoms. The molecule has 0 aliphatic carbocycles. The summed E-state index contributed by atoms with van der Waals surface area (Å²) in [5, 5.41) is 14.4. The Morgan fingerprint density at radius 2 is 1.85 bits per heavy atom. The van der Waals surface area contributed by atoms with Gasteiger partial charge in [-0.1, -0.05) is 24.3 Å². The number of aryl methyl sites for hydroxylation is 1. The van der Waals surface area contributed by atoms with E-state index < -0.39 is 14.9 Å². The van der Waals surface area contributed by atoms with Crippen LogP contribution in [0.5, 0.6) is 0 Å². The summed E-state index contributed by atoms with van der Waals surface area (Å²) in [6, 6.07) is 11.5. The van der Waals surface area contributed by atoms with Gasteiger partial charge in [0, 0.05) is 18.7 Å². The molecular formula is C18H23N3O4S. The molecule has 2 aromatic rings. The lowest BCUT2D eigenvalue weighted by Gasteiger charge is -2.12. The van der Waals surface area contributed by atoms with Crippen molar-refractivity contribution in [3.05, 3.63) is 63.7 Å². The normalized spacial score (nSPS) is 11.5. The summed E-state index contributed by atoms with van der Waals surface area (Å²) in [7, 11) is -3.78. The first-order valence-electron chi connectivity index (χ1n) is 8.30. The van der Waals surface area contributed by atoms with Gasteiger partial charge < -0.3 is 5.32 Å². The summed E-state index contributed by atoms with van der Waals surface area (Å²) < 4.78 is 26.8. The molecule has 0 aromatic heterocycles. The van der Waals surface area contributed by atoms with Crippen LogP contribution in [0.2, 0.25) is 0 Å². The average Bonchev–Trinajstić information content (AvgIpc) is 2.55. The Morgan fingerprint density at radius 3 is 2.46 bits per heavy atom. The monoisotopic (exact) mass is 377 g/mol. The van der Waals surface area contributed by atoms with Crippen LogP contribution in [0.3, 0.4) is 0 Å². The molecule has 0 bridgehead atoms. The smallest absolute Gasteiger partial charge is 0.293 e. The van der Waals surface area contributed by atoms with Crippen molar-refractivity contribution in [2.45, 2.75) is 38.1 Å². The Bertz CT molecular complexity index is 895. The Kier molecular flexibility index (Phi) is 6.33. The van der Waals surface area contributed by atoms with Crippen molar-refractivity contribution in [3.63, 3.8) is 0 Å². The summed E-state index contributed by atoms with van der Waals surface area (Å²) in [6.45, 7) is 5.89. The van der Waals surface area contributed by atoms with E-state index in [2.05, 4.69) is 10.0 Å². The van der Waals surface area contributed by atoms with Crippen molar-refractivity contribution in [2.75, 3.05) is 11.9 Å². The van der Waals surface area contributed by atoms with E-state index in [-0.39, 0.29) is 16.6 Å². The molecule has 0 spiro atoms.